The van der Waals surface area contributed by atoms with Crippen LogP contribution in [0.15, 0.2) is 63.0 Å². The van der Waals surface area contributed by atoms with Gasteiger partial charge in [0.1, 0.15) is 0 Å². The van der Waals surface area contributed by atoms with E-state index in [0.29, 0.717) is 11.4 Å². The first-order valence-corrected chi connectivity index (χ1v) is 9.39. The van der Waals surface area contributed by atoms with Crippen molar-refractivity contribution in [1.82, 2.24) is 9.55 Å². The van der Waals surface area contributed by atoms with E-state index in [1.807, 2.05) is 47.0 Å². The summed E-state index contributed by atoms with van der Waals surface area (Å²) in [7, 11) is 0. The molecule has 0 spiro atoms. The van der Waals surface area contributed by atoms with E-state index in [9.17, 15) is 4.79 Å². The number of aromatic nitrogens is 2. The molecule has 116 valence electrons. The quantitative estimate of drug-likeness (QED) is 0.477. The second-order valence-corrected chi connectivity index (χ2v) is 7.49. The van der Waals surface area contributed by atoms with Crippen LogP contribution in [-0.4, -0.2) is 9.55 Å². The number of thioether (sulfide) groups is 1. The molecule has 0 unspecified atom stereocenters. The predicted octanol–water partition coefficient (Wildman–Crippen LogP) is 4.79. The minimum absolute atomic E-state index is 0.0905. The number of para-hydroxylation sites is 1. The average molecular weight is 387 g/mol. The third-order valence-electron chi connectivity index (χ3n) is 4.00. The average Bonchev–Trinajstić information content (AvgIpc) is 3.39. The Morgan fingerprint density at radius 1 is 1.13 bits per heavy atom. The highest BCUT2D eigenvalue weighted by Crippen LogP contribution is 2.37. The van der Waals surface area contributed by atoms with Gasteiger partial charge in [-0.1, -0.05) is 58.0 Å². The summed E-state index contributed by atoms with van der Waals surface area (Å²) < 4.78 is 2.98. The SMILES string of the molecule is O=c1c2ccccc2nc(SCc2ccccc2Br)n1C1CC1. The van der Waals surface area contributed by atoms with E-state index in [1.165, 1.54) is 5.56 Å². The van der Waals surface area contributed by atoms with Crippen molar-refractivity contribution in [3.05, 3.63) is 68.9 Å². The Morgan fingerprint density at radius 2 is 1.87 bits per heavy atom. The maximum atomic E-state index is 12.8. The molecule has 1 fully saturated rings. The first kappa shape index (κ1) is 15.0. The number of nitrogens with zero attached hydrogens (tertiary/aromatic N) is 2. The molecule has 5 heteroatoms. The van der Waals surface area contributed by atoms with Crippen LogP contribution in [0.25, 0.3) is 10.9 Å². The maximum Gasteiger partial charge on any atom is 0.262 e. The molecule has 1 saturated carbocycles. The second-order valence-electron chi connectivity index (χ2n) is 5.70. The minimum atomic E-state index is 0.0905. The van der Waals surface area contributed by atoms with Crippen molar-refractivity contribution in [2.45, 2.75) is 29.8 Å². The van der Waals surface area contributed by atoms with Gasteiger partial charge in [-0.25, -0.2) is 4.98 Å². The third-order valence-corrected chi connectivity index (χ3v) is 5.78. The fourth-order valence-corrected chi connectivity index (χ4v) is 4.32. The third kappa shape index (κ3) is 2.95. The lowest BCUT2D eigenvalue weighted by molar-refractivity contribution is 0.618. The first-order valence-electron chi connectivity index (χ1n) is 7.61. The van der Waals surface area contributed by atoms with Crippen molar-refractivity contribution in [3.63, 3.8) is 0 Å². The summed E-state index contributed by atoms with van der Waals surface area (Å²) in [5.74, 6) is 0.791. The number of halogens is 1. The topological polar surface area (TPSA) is 34.9 Å². The van der Waals surface area contributed by atoms with Gasteiger partial charge < -0.3 is 0 Å². The van der Waals surface area contributed by atoms with Gasteiger partial charge in [0.25, 0.3) is 5.56 Å². The fourth-order valence-electron chi connectivity index (χ4n) is 2.64. The van der Waals surface area contributed by atoms with Gasteiger partial charge in [0, 0.05) is 16.3 Å². The number of benzene rings is 2. The Kier molecular flexibility index (Phi) is 3.99. The van der Waals surface area contributed by atoms with Crippen LogP contribution < -0.4 is 5.56 Å². The molecule has 0 amide bonds. The van der Waals surface area contributed by atoms with E-state index < -0.39 is 0 Å². The lowest BCUT2D eigenvalue weighted by Gasteiger charge is -2.12. The minimum Gasteiger partial charge on any atom is -0.284 e. The van der Waals surface area contributed by atoms with Crippen molar-refractivity contribution in [3.8, 4) is 0 Å². The van der Waals surface area contributed by atoms with E-state index in [4.69, 9.17) is 4.98 Å². The summed E-state index contributed by atoms with van der Waals surface area (Å²) in [5, 5.41) is 1.54. The molecule has 3 aromatic rings. The molecule has 1 aromatic heterocycles. The molecular formula is C18H15BrN2OS. The van der Waals surface area contributed by atoms with Gasteiger partial charge in [0.15, 0.2) is 5.16 Å². The van der Waals surface area contributed by atoms with E-state index >= 15 is 0 Å². The molecule has 4 rings (SSSR count). The molecule has 0 atom stereocenters. The molecule has 0 aliphatic heterocycles. The molecule has 0 radical (unpaired) electrons. The highest BCUT2D eigenvalue weighted by atomic mass is 79.9. The van der Waals surface area contributed by atoms with Crippen LogP contribution in [-0.2, 0) is 5.75 Å². The lowest BCUT2D eigenvalue weighted by atomic mass is 10.2. The Morgan fingerprint density at radius 3 is 2.65 bits per heavy atom. The van der Waals surface area contributed by atoms with Crippen LogP contribution in [0.1, 0.15) is 24.4 Å². The summed E-state index contributed by atoms with van der Waals surface area (Å²) >= 11 is 5.22. The summed E-state index contributed by atoms with van der Waals surface area (Å²) in [5.41, 5.74) is 2.08. The van der Waals surface area contributed by atoms with Crippen LogP contribution in [0.5, 0.6) is 0 Å². The molecule has 0 saturated heterocycles. The second kappa shape index (κ2) is 6.13. The van der Waals surface area contributed by atoms with Gasteiger partial charge in [-0.2, -0.15) is 0 Å². The van der Waals surface area contributed by atoms with E-state index in [2.05, 4.69) is 22.0 Å². The fraction of sp³-hybridized carbons (Fsp3) is 0.222. The van der Waals surface area contributed by atoms with Crippen LogP contribution in [0.3, 0.4) is 0 Å². The van der Waals surface area contributed by atoms with E-state index in [-0.39, 0.29) is 5.56 Å². The van der Waals surface area contributed by atoms with Gasteiger partial charge in [0.2, 0.25) is 0 Å². The van der Waals surface area contributed by atoms with Crippen molar-refractivity contribution in [1.29, 1.82) is 0 Å². The summed E-state index contributed by atoms with van der Waals surface area (Å²) in [6, 6.07) is 16.1. The molecule has 3 nitrogen and oxygen atoms in total. The van der Waals surface area contributed by atoms with E-state index in [0.717, 1.165) is 33.7 Å². The van der Waals surface area contributed by atoms with Crippen molar-refractivity contribution in [2.24, 2.45) is 0 Å². The zero-order chi connectivity index (χ0) is 15.8. The van der Waals surface area contributed by atoms with E-state index in [1.54, 1.807) is 11.8 Å². The zero-order valence-electron chi connectivity index (χ0n) is 12.4. The molecule has 0 bridgehead atoms. The van der Waals surface area contributed by atoms with Crippen LogP contribution >= 0.6 is 27.7 Å². The first-order chi connectivity index (χ1) is 11.2. The number of hydrogen-bond donors (Lipinski definition) is 0. The Balaban J connectivity index is 1.75. The molecule has 0 N–H and O–H groups in total. The molecule has 1 aliphatic carbocycles. The van der Waals surface area contributed by atoms with Crippen molar-refractivity contribution in [2.75, 3.05) is 0 Å². The van der Waals surface area contributed by atoms with Gasteiger partial charge >= 0.3 is 0 Å². The highest BCUT2D eigenvalue weighted by Gasteiger charge is 2.28. The molecule has 2 aromatic carbocycles. The highest BCUT2D eigenvalue weighted by molar-refractivity contribution is 9.10. The van der Waals surface area contributed by atoms with Gasteiger partial charge in [-0.3, -0.25) is 9.36 Å². The summed E-state index contributed by atoms with van der Waals surface area (Å²) in [4.78, 5) is 17.6. The van der Waals surface area contributed by atoms with Crippen LogP contribution in [0.2, 0.25) is 0 Å². The number of fused-ring (bicyclic) bond motifs is 1. The van der Waals surface area contributed by atoms with Crippen LogP contribution in [0.4, 0.5) is 0 Å². The normalized spacial score (nSPS) is 14.3. The molecule has 1 aliphatic rings. The Bertz CT molecular complexity index is 934. The predicted molar refractivity (Wildman–Crippen MR) is 98.0 cm³/mol. The number of hydrogen-bond acceptors (Lipinski definition) is 3. The van der Waals surface area contributed by atoms with Gasteiger partial charge in [-0.05, 0) is 36.6 Å². The summed E-state index contributed by atoms with van der Waals surface area (Å²) in [6.45, 7) is 0. The standard InChI is InChI=1S/C18H15BrN2OS/c19-15-7-3-1-5-12(15)11-23-18-20-16-8-4-2-6-14(16)17(22)21(18)13-9-10-13/h1-8,13H,9-11H2. The molecule has 23 heavy (non-hydrogen) atoms. The van der Waals surface area contributed by atoms with Gasteiger partial charge in [0.05, 0.1) is 10.9 Å². The Labute approximate surface area is 146 Å². The maximum absolute atomic E-state index is 12.8. The molecule has 1 heterocycles. The number of rotatable bonds is 4. The Hall–Kier alpha value is -1.59. The lowest BCUT2D eigenvalue weighted by Crippen LogP contribution is -2.22. The van der Waals surface area contributed by atoms with Gasteiger partial charge in [-0.15, -0.1) is 0 Å². The zero-order valence-corrected chi connectivity index (χ0v) is 14.8. The molecular weight excluding hydrogens is 372 g/mol. The van der Waals surface area contributed by atoms with Crippen molar-refractivity contribution < 1.29 is 0 Å². The monoisotopic (exact) mass is 386 g/mol. The smallest absolute Gasteiger partial charge is 0.262 e. The van der Waals surface area contributed by atoms with Crippen LogP contribution in [0, 0.1) is 0 Å². The van der Waals surface area contributed by atoms with Crippen molar-refractivity contribution >= 4 is 38.6 Å². The largest absolute Gasteiger partial charge is 0.284 e. The summed E-state index contributed by atoms with van der Waals surface area (Å²) in [6.07, 6.45) is 2.14.